The lowest BCUT2D eigenvalue weighted by atomic mass is 10.1. The van der Waals surface area contributed by atoms with Crippen molar-refractivity contribution in [3.63, 3.8) is 0 Å². The van der Waals surface area contributed by atoms with Crippen LogP contribution in [-0.4, -0.2) is 85.5 Å². The van der Waals surface area contributed by atoms with Gasteiger partial charge in [0, 0.05) is 17.9 Å². The number of nitrogens with one attached hydrogen (secondary N) is 2. The molecule has 1 saturated heterocycles. The summed E-state index contributed by atoms with van der Waals surface area (Å²) in [6, 6.07) is -1.39. The quantitative estimate of drug-likeness (QED) is 0.130. The average Bonchev–Trinajstić information content (AvgIpc) is 3.71. The van der Waals surface area contributed by atoms with Gasteiger partial charge >= 0.3 is 15.6 Å². The highest BCUT2D eigenvalue weighted by molar-refractivity contribution is 7.47. The first-order chi connectivity index (χ1) is 21.3. The van der Waals surface area contributed by atoms with Crippen molar-refractivity contribution in [2.45, 2.75) is 49.7 Å². The molecule has 3 aliphatic rings. The summed E-state index contributed by atoms with van der Waals surface area (Å²) in [6.07, 6.45) is -0.979. The summed E-state index contributed by atoms with van der Waals surface area (Å²) in [5.41, 5.74) is 10.5. The van der Waals surface area contributed by atoms with E-state index in [9.17, 15) is 33.6 Å². The van der Waals surface area contributed by atoms with Crippen molar-refractivity contribution in [3.05, 3.63) is 33.4 Å². The summed E-state index contributed by atoms with van der Waals surface area (Å²) < 4.78 is 51.0. The van der Waals surface area contributed by atoms with Crippen LogP contribution in [0.3, 0.4) is 0 Å². The summed E-state index contributed by atoms with van der Waals surface area (Å²) in [4.78, 5) is 67.0. The minimum Gasteiger partial charge on any atom is -0.388 e. The van der Waals surface area contributed by atoms with Crippen LogP contribution in [0, 0.1) is 11.8 Å². The van der Waals surface area contributed by atoms with Gasteiger partial charge < -0.3 is 35.5 Å². The number of aromatic amines is 2. The van der Waals surface area contributed by atoms with Gasteiger partial charge in [-0.3, -0.25) is 37.7 Å². The van der Waals surface area contributed by atoms with E-state index in [1.165, 1.54) is 17.2 Å². The number of phosphoric ester groups is 2. The normalized spacial score (nSPS) is 36.0. The number of nitrogen functional groups attached to an aromatic ring is 2. The van der Waals surface area contributed by atoms with E-state index in [1.807, 2.05) is 0 Å². The number of imidazole rings is 2. The number of anilines is 2. The topological polar surface area (TPSA) is 311 Å². The zero-order valence-electron chi connectivity index (χ0n) is 23.1. The fourth-order valence-corrected chi connectivity index (χ4v) is 8.51. The number of nitrogens with zero attached hydrogens (tertiary/aromatic N) is 6. The Bertz CT molecular complexity index is 2010. The highest BCUT2D eigenvalue weighted by Crippen LogP contribution is 2.56. The zero-order chi connectivity index (χ0) is 31.8. The Kier molecular flexibility index (Phi) is 7.23. The molecule has 0 bridgehead atoms. The Labute approximate surface area is 250 Å². The molecule has 4 aromatic rings. The van der Waals surface area contributed by atoms with Gasteiger partial charge in [0.25, 0.3) is 11.1 Å². The summed E-state index contributed by atoms with van der Waals surface area (Å²) in [7, 11) is -9.58. The number of aliphatic hydroxyl groups is 1. The van der Waals surface area contributed by atoms with E-state index in [-0.39, 0.29) is 53.5 Å². The molecule has 0 aromatic carbocycles. The van der Waals surface area contributed by atoms with Crippen LogP contribution in [0.15, 0.2) is 22.2 Å². The van der Waals surface area contributed by atoms with Crippen molar-refractivity contribution < 1.29 is 42.1 Å². The van der Waals surface area contributed by atoms with Crippen LogP contribution in [0.4, 0.5) is 11.9 Å². The monoisotopic (exact) mass is 670 g/mol. The van der Waals surface area contributed by atoms with E-state index in [1.54, 1.807) is 4.57 Å². The minimum absolute atomic E-state index is 0.0111. The van der Waals surface area contributed by atoms with Gasteiger partial charge in [0.2, 0.25) is 11.9 Å². The first-order valence-corrected chi connectivity index (χ1v) is 16.7. The fourth-order valence-electron chi connectivity index (χ4n) is 6.42. The van der Waals surface area contributed by atoms with E-state index in [0.717, 1.165) is 0 Å². The molecule has 9 N–H and O–H groups in total. The molecule has 9 atom stereocenters. The van der Waals surface area contributed by atoms with Crippen LogP contribution in [0.2, 0.25) is 0 Å². The number of rotatable bonds is 2. The molecule has 0 radical (unpaired) electrons. The van der Waals surface area contributed by atoms with E-state index in [0.29, 0.717) is 0 Å². The Morgan fingerprint density at radius 1 is 0.822 bits per heavy atom. The fraction of sp³-hybridized carbons (Fsp3) is 0.545. The Balaban J connectivity index is 1.16. The second-order valence-electron chi connectivity index (χ2n) is 11.2. The highest BCUT2D eigenvalue weighted by Gasteiger charge is 2.50. The number of hydrogen-bond acceptors (Lipinski definition) is 15. The molecule has 21 nitrogen and oxygen atoms in total. The standard InChI is InChI=1S/C22H28N10O11P2/c23-21-27-17-13(19(34)29-21)25-6-31(17)10-1-8-4-40-45(38,39)43-16-9(5-41-44(36,37)42-12(8)3-10)2-11(15(16)33)32-7-26-14-18(32)28-22(24)30-20(14)35/h6-12,15-16,33H,1-5H2,(H,36,37)(H,38,39)(H3,23,27,29,34)(H3,24,28,30,35)/t8-,9-,10-,11-,12?,15?,16+/m1/s1. The molecule has 4 unspecified atom stereocenters. The summed E-state index contributed by atoms with van der Waals surface area (Å²) in [5.74, 6) is -1.96. The predicted octanol–water partition coefficient (Wildman–Crippen LogP) is -0.692. The lowest BCUT2D eigenvalue weighted by Crippen LogP contribution is -2.34. The molecule has 23 heteroatoms. The van der Waals surface area contributed by atoms with Gasteiger partial charge in [-0.1, -0.05) is 0 Å². The molecule has 1 aliphatic heterocycles. The van der Waals surface area contributed by atoms with Crippen LogP contribution in [0.25, 0.3) is 22.3 Å². The van der Waals surface area contributed by atoms with E-state index >= 15 is 0 Å². The maximum atomic E-state index is 13.2. The number of hydrogen-bond donors (Lipinski definition) is 7. The van der Waals surface area contributed by atoms with Gasteiger partial charge in [-0.2, -0.15) is 9.97 Å². The maximum Gasteiger partial charge on any atom is 0.472 e. The maximum absolute atomic E-state index is 13.2. The van der Waals surface area contributed by atoms with Crippen LogP contribution in [0.1, 0.15) is 31.3 Å². The van der Waals surface area contributed by atoms with Crippen LogP contribution in [-0.2, 0) is 27.2 Å². The molecular weight excluding hydrogens is 642 g/mol. The van der Waals surface area contributed by atoms with Crippen molar-refractivity contribution >= 4 is 49.9 Å². The third-order valence-corrected chi connectivity index (χ3v) is 10.4. The average molecular weight is 670 g/mol. The molecular formula is C22H28N10O11P2. The van der Waals surface area contributed by atoms with Gasteiger partial charge in [-0.05, 0) is 19.3 Å². The second kappa shape index (κ2) is 10.8. The first-order valence-electron chi connectivity index (χ1n) is 13.7. The molecule has 2 aliphatic carbocycles. The van der Waals surface area contributed by atoms with Crippen LogP contribution in [0.5, 0.6) is 0 Å². The molecule has 0 spiro atoms. The highest BCUT2D eigenvalue weighted by atomic mass is 31.2. The van der Waals surface area contributed by atoms with Crippen LogP contribution < -0.4 is 22.6 Å². The van der Waals surface area contributed by atoms with Gasteiger partial charge in [0.05, 0.1) is 38.0 Å². The molecule has 0 amide bonds. The van der Waals surface area contributed by atoms with Crippen molar-refractivity contribution in [2.75, 3.05) is 24.7 Å². The SMILES string of the molecule is Nc1nc2c(ncn2[C@H]2CC3OP(=O)(O)OC[C@H]4C[C@@H](n5cnc6c(=O)[nH]c(N)nc65)C(O)[C@H]4OP(=O)(O)OC[C@H]3C2)c(=O)[nH]1. The third-order valence-electron chi connectivity index (χ3n) is 8.42. The van der Waals surface area contributed by atoms with E-state index < -0.39 is 82.2 Å². The van der Waals surface area contributed by atoms with Crippen LogP contribution >= 0.6 is 15.6 Å². The molecule has 242 valence electrons. The van der Waals surface area contributed by atoms with E-state index in [2.05, 4.69) is 29.9 Å². The molecule has 5 heterocycles. The largest absolute Gasteiger partial charge is 0.472 e. The summed E-state index contributed by atoms with van der Waals surface area (Å²) in [6.45, 7) is -0.958. The van der Waals surface area contributed by atoms with Gasteiger partial charge in [0.15, 0.2) is 22.3 Å². The van der Waals surface area contributed by atoms with Crippen molar-refractivity contribution in [1.82, 2.24) is 39.0 Å². The van der Waals surface area contributed by atoms with Crippen molar-refractivity contribution in [3.8, 4) is 0 Å². The molecule has 7 rings (SSSR count). The lowest BCUT2D eigenvalue weighted by Gasteiger charge is -2.28. The summed E-state index contributed by atoms with van der Waals surface area (Å²) >= 11 is 0. The first kappa shape index (κ1) is 30.2. The zero-order valence-corrected chi connectivity index (χ0v) is 24.9. The van der Waals surface area contributed by atoms with Gasteiger partial charge in [-0.15, -0.1) is 0 Å². The Morgan fingerprint density at radius 3 is 2.02 bits per heavy atom. The predicted molar refractivity (Wildman–Crippen MR) is 151 cm³/mol. The Morgan fingerprint density at radius 2 is 1.38 bits per heavy atom. The summed E-state index contributed by atoms with van der Waals surface area (Å²) in [5, 5.41) is 11.3. The number of aromatic nitrogens is 8. The van der Waals surface area contributed by atoms with E-state index in [4.69, 9.17) is 29.6 Å². The van der Waals surface area contributed by atoms with Gasteiger partial charge in [-0.25, -0.2) is 19.1 Å². The van der Waals surface area contributed by atoms with Crippen molar-refractivity contribution in [2.24, 2.45) is 11.8 Å². The van der Waals surface area contributed by atoms with Gasteiger partial charge in [0.1, 0.15) is 12.2 Å². The number of fused-ring (bicyclic) bond motifs is 4. The molecule has 2 saturated carbocycles. The lowest BCUT2D eigenvalue weighted by molar-refractivity contribution is -0.0227. The second-order valence-corrected chi connectivity index (χ2v) is 14.0. The number of aliphatic hydroxyl groups excluding tert-OH is 1. The number of phosphoric acid groups is 2. The third kappa shape index (κ3) is 5.49. The van der Waals surface area contributed by atoms with Crippen molar-refractivity contribution in [1.29, 1.82) is 0 Å². The molecule has 3 fully saturated rings. The minimum atomic E-state index is -4.84. The smallest absolute Gasteiger partial charge is 0.388 e. The Hall–Kier alpha value is -3.52. The molecule has 45 heavy (non-hydrogen) atoms. The molecule has 4 aromatic heterocycles. The number of nitrogens with two attached hydrogens (primary N) is 2. The number of H-pyrrole nitrogens is 2.